The molecule has 0 saturated carbocycles. The predicted molar refractivity (Wildman–Crippen MR) is 183 cm³/mol. The number of imidazole rings is 1. The average Bonchev–Trinajstić information content (AvgIpc) is 3.67. The van der Waals surface area contributed by atoms with Gasteiger partial charge in [0.2, 0.25) is 0 Å². The van der Waals surface area contributed by atoms with E-state index in [2.05, 4.69) is 9.88 Å². The maximum Gasteiger partial charge on any atom is 0.410 e. The van der Waals surface area contributed by atoms with Crippen LogP contribution in [0.1, 0.15) is 50.1 Å². The van der Waals surface area contributed by atoms with E-state index in [4.69, 9.17) is 19.3 Å². The highest BCUT2D eigenvalue weighted by Gasteiger charge is 2.31. The predicted octanol–water partition coefficient (Wildman–Crippen LogP) is 6.16. The Balaban J connectivity index is 1.45. The lowest BCUT2D eigenvalue weighted by Gasteiger charge is -2.25. The lowest BCUT2D eigenvalue weighted by atomic mass is 10.0. The fourth-order valence-electron chi connectivity index (χ4n) is 6.28. The Labute approximate surface area is 274 Å². The number of amides is 1. The summed E-state index contributed by atoms with van der Waals surface area (Å²) in [6, 6.07) is 13.6. The molecule has 2 aromatic carbocycles. The van der Waals surface area contributed by atoms with E-state index in [1.807, 2.05) is 101 Å². The highest BCUT2D eigenvalue weighted by Crippen LogP contribution is 2.34. The maximum absolute atomic E-state index is 14.4. The normalized spacial score (nSPS) is 15.0. The van der Waals surface area contributed by atoms with Crippen molar-refractivity contribution in [2.45, 2.75) is 59.2 Å². The summed E-state index contributed by atoms with van der Waals surface area (Å²) in [6.45, 7) is 10.9. The first-order valence-corrected chi connectivity index (χ1v) is 15.8. The first kappa shape index (κ1) is 31.9. The third-order valence-corrected chi connectivity index (χ3v) is 8.56. The summed E-state index contributed by atoms with van der Waals surface area (Å²) < 4.78 is 20.3. The molecule has 1 fully saturated rings. The maximum atomic E-state index is 14.4. The lowest BCUT2D eigenvalue weighted by molar-refractivity contribution is 0.0289. The fourth-order valence-corrected chi connectivity index (χ4v) is 6.28. The van der Waals surface area contributed by atoms with Crippen molar-refractivity contribution in [2.24, 2.45) is 0 Å². The third kappa shape index (κ3) is 6.34. The van der Waals surface area contributed by atoms with Gasteiger partial charge in [-0.05, 0) is 88.4 Å². The van der Waals surface area contributed by atoms with Gasteiger partial charge in [-0.15, -0.1) is 0 Å². The monoisotopic (exact) mass is 638 g/mol. The number of aryl methyl sites for hydroxylation is 2. The smallest absolute Gasteiger partial charge is 0.410 e. The van der Waals surface area contributed by atoms with Crippen molar-refractivity contribution in [1.82, 2.24) is 24.1 Å². The fraction of sp³-hybridized carbons (Fsp3) is 0.389. The van der Waals surface area contributed by atoms with Crippen molar-refractivity contribution in [3.8, 4) is 22.8 Å². The van der Waals surface area contributed by atoms with Gasteiger partial charge < -0.3 is 28.6 Å². The first-order valence-electron chi connectivity index (χ1n) is 15.8. The molecule has 0 aliphatic carbocycles. The Kier molecular flexibility index (Phi) is 8.33. The summed E-state index contributed by atoms with van der Waals surface area (Å²) in [7, 11) is 5.23. The minimum absolute atomic E-state index is 0.113. The van der Waals surface area contributed by atoms with Crippen LogP contribution in [-0.2, 0) is 11.3 Å². The largest absolute Gasteiger partial charge is 0.497 e. The summed E-state index contributed by atoms with van der Waals surface area (Å²) in [5.74, 6) is 1.40. The molecular formula is C36H42N6O5. The molecule has 11 nitrogen and oxygen atoms in total. The van der Waals surface area contributed by atoms with Crippen LogP contribution in [0.5, 0.6) is 11.5 Å². The van der Waals surface area contributed by atoms with Crippen LogP contribution in [0.3, 0.4) is 0 Å². The van der Waals surface area contributed by atoms with Gasteiger partial charge in [0, 0.05) is 50.1 Å². The van der Waals surface area contributed by atoms with Crippen molar-refractivity contribution in [3.63, 3.8) is 0 Å². The number of anilines is 1. The van der Waals surface area contributed by atoms with Gasteiger partial charge in [-0.3, -0.25) is 4.79 Å². The van der Waals surface area contributed by atoms with E-state index < -0.39 is 5.60 Å². The highest BCUT2D eigenvalue weighted by atomic mass is 16.6. The number of likely N-dealkylation sites (tertiary alicyclic amines) is 1. The average molecular weight is 639 g/mol. The van der Waals surface area contributed by atoms with Crippen molar-refractivity contribution in [2.75, 3.05) is 39.3 Å². The van der Waals surface area contributed by atoms with E-state index in [1.54, 1.807) is 23.7 Å². The van der Waals surface area contributed by atoms with E-state index in [9.17, 15) is 9.59 Å². The van der Waals surface area contributed by atoms with E-state index in [0.717, 1.165) is 44.8 Å². The summed E-state index contributed by atoms with van der Waals surface area (Å²) in [4.78, 5) is 35.6. The number of methoxy groups -OCH3 is 2. The van der Waals surface area contributed by atoms with Crippen LogP contribution < -0.4 is 19.9 Å². The van der Waals surface area contributed by atoms with Gasteiger partial charge >= 0.3 is 6.09 Å². The molecule has 1 atom stereocenters. The van der Waals surface area contributed by atoms with Crippen LogP contribution in [0.15, 0.2) is 59.7 Å². The number of rotatable bonds is 7. The molecule has 6 rings (SSSR count). The molecule has 0 spiro atoms. The van der Waals surface area contributed by atoms with Gasteiger partial charge in [0.15, 0.2) is 5.65 Å². The Morgan fingerprint density at radius 3 is 2.57 bits per heavy atom. The number of benzene rings is 2. The van der Waals surface area contributed by atoms with Crippen molar-refractivity contribution in [1.29, 1.82) is 0 Å². The topological polar surface area (TPSA) is 103 Å². The molecule has 0 N–H and O–H groups in total. The Bertz CT molecular complexity index is 2040. The second kappa shape index (κ2) is 12.3. The summed E-state index contributed by atoms with van der Waals surface area (Å²) >= 11 is 0. The van der Waals surface area contributed by atoms with E-state index >= 15 is 0 Å². The summed E-state index contributed by atoms with van der Waals surface area (Å²) in [5.41, 5.74) is 5.37. The van der Waals surface area contributed by atoms with Crippen molar-refractivity contribution >= 4 is 28.2 Å². The SMILES string of the molecule is COc1ccc(CN(C)c2cc(-c3cc(C)c4nc(C)cn4n3)cc3ccn(C4CCN(C(=O)OC(C)(C)C)C4)c(=O)c23)c(OC)c1. The van der Waals surface area contributed by atoms with E-state index in [0.29, 0.717) is 42.9 Å². The number of ether oxygens (including phenoxy) is 3. The molecule has 11 heteroatoms. The second-order valence-electron chi connectivity index (χ2n) is 13.3. The molecular weight excluding hydrogens is 596 g/mol. The van der Waals surface area contributed by atoms with Crippen LogP contribution in [-0.4, -0.2) is 70.1 Å². The second-order valence-corrected chi connectivity index (χ2v) is 13.3. The van der Waals surface area contributed by atoms with E-state index in [-0.39, 0.29) is 17.7 Å². The number of hydrogen-bond donors (Lipinski definition) is 0. The summed E-state index contributed by atoms with van der Waals surface area (Å²) in [5, 5.41) is 6.28. The molecule has 3 aromatic heterocycles. The third-order valence-electron chi connectivity index (χ3n) is 8.56. The number of carbonyl (C=O) groups is 1. The standard InChI is InChI=1S/C36H42N6O5/c1-22-15-29(38-42-19-23(2)37-33(22)42)26-16-24-11-14-41(27-12-13-40(21-27)35(44)47-36(3,4)5)34(43)32(24)30(17-26)39(6)20-25-9-10-28(45-7)18-31(25)46-8/h9-11,14-19,27H,12-13,20-21H2,1-8H3. The number of carbonyl (C=O) groups excluding carboxylic acids is 1. The zero-order valence-electron chi connectivity index (χ0n) is 28.3. The molecule has 0 bridgehead atoms. The molecule has 1 unspecified atom stereocenters. The molecule has 246 valence electrons. The minimum atomic E-state index is -0.590. The number of aromatic nitrogens is 4. The van der Waals surface area contributed by atoms with Gasteiger partial charge in [-0.1, -0.05) is 0 Å². The van der Waals surface area contributed by atoms with Crippen molar-refractivity contribution in [3.05, 3.63) is 82.0 Å². The molecule has 1 aliphatic heterocycles. The highest BCUT2D eigenvalue weighted by molar-refractivity contribution is 5.97. The number of pyridine rings is 1. The number of hydrogen-bond acceptors (Lipinski definition) is 8. The lowest BCUT2D eigenvalue weighted by Crippen LogP contribution is -2.36. The molecule has 1 aliphatic rings. The molecule has 0 radical (unpaired) electrons. The molecule has 1 saturated heterocycles. The minimum Gasteiger partial charge on any atom is -0.497 e. The van der Waals surface area contributed by atoms with Crippen LogP contribution in [0.2, 0.25) is 0 Å². The van der Waals surface area contributed by atoms with Crippen LogP contribution in [0, 0.1) is 13.8 Å². The van der Waals surface area contributed by atoms with Crippen LogP contribution in [0.25, 0.3) is 27.7 Å². The zero-order chi connectivity index (χ0) is 33.6. The quantitative estimate of drug-likeness (QED) is 0.209. The van der Waals surface area contributed by atoms with Gasteiger partial charge in [-0.2, -0.15) is 5.10 Å². The van der Waals surface area contributed by atoms with Gasteiger partial charge in [0.05, 0.1) is 48.9 Å². The molecule has 1 amide bonds. The van der Waals surface area contributed by atoms with Gasteiger partial charge in [-0.25, -0.2) is 14.3 Å². The Morgan fingerprint density at radius 1 is 1.06 bits per heavy atom. The number of fused-ring (bicyclic) bond motifs is 2. The Hall–Kier alpha value is -5.06. The van der Waals surface area contributed by atoms with Crippen LogP contribution >= 0.6 is 0 Å². The molecule has 5 aromatic rings. The Morgan fingerprint density at radius 2 is 1.85 bits per heavy atom. The molecule has 4 heterocycles. The molecule has 47 heavy (non-hydrogen) atoms. The van der Waals surface area contributed by atoms with Crippen molar-refractivity contribution < 1.29 is 19.0 Å². The first-order chi connectivity index (χ1) is 22.3. The number of nitrogens with zero attached hydrogens (tertiary/aromatic N) is 6. The van der Waals surface area contributed by atoms with Gasteiger partial charge in [0.25, 0.3) is 5.56 Å². The van der Waals surface area contributed by atoms with E-state index in [1.165, 1.54) is 0 Å². The van der Waals surface area contributed by atoms with Crippen LogP contribution in [0.4, 0.5) is 10.5 Å². The van der Waals surface area contributed by atoms with Gasteiger partial charge in [0.1, 0.15) is 17.1 Å². The summed E-state index contributed by atoms with van der Waals surface area (Å²) in [6.07, 6.45) is 4.05. The zero-order valence-corrected chi connectivity index (χ0v) is 28.3.